The van der Waals surface area contributed by atoms with E-state index in [1.807, 2.05) is 24.0 Å². The second kappa shape index (κ2) is 4.04. The van der Waals surface area contributed by atoms with E-state index in [9.17, 15) is 4.79 Å². The van der Waals surface area contributed by atoms with Crippen LogP contribution in [-0.2, 0) is 11.3 Å². The normalized spacial score (nSPS) is 22.1. The van der Waals surface area contributed by atoms with Crippen LogP contribution >= 0.6 is 0 Å². The van der Waals surface area contributed by atoms with Gasteiger partial charge in [0.2, 0.25) is 0 Å². The van der Waals surface area contributed by atoms with Gasteiger partial charge < -0.3 is 4.90 Å². The number of hydrogen-bond donors (Lipinski definition) is 0. The predicted octanol–water partition coefficient (Wildman–Crippen LogP) is 1.32. The lowest BCUT2D eigenvalue weighted by Crippen LogP contribution is -2.39. The molecule has 2 rings (SSSR count). The van der Waals surface area contributed by atoms with Gasteiger partial charge in [-0.25, -0.2) is 0 Å². The van der Waals surface area contributed by atoms with Crippen LogP contribution < -0.4 is 4.90 Å². The summed E-state index contributed by atoms with van der Waals surface area (Å²) >= 11 is 0. The van der Waals surface area contributed by atoms with Crippen molar-refractivity contribution in [2.45, 2.75) is 26.8 Å². The summed E-state index contributed by atoms with van der Waals surface area (Å²) in [6.07, 6.45) is 4.59. The van der Waals surface area contributed by atoms with E-state index in [0.717, 1.165) is 25.3 Å². The summed E-state index contributed by atoms with van der Waals surface area (Å²) in [4.78, 5) is 13.6. The molecule has 2 heterocycles. The first-order valence-electron chi connectivity index (χ1n) is 5.51. The lowest BCUT2D eigenvalue weighted by molar-refractivity contribution is -0.122. The molecule has 0 aliphatic carbocycles. The number of ketones is 1. The first kappa shape index (κ1) is 10.2. The van der Waals surface area contributed by atoms with Crippen LogP contribution in [0.2, 0.25) is 0 Å². The second-order valence-electron chi connectivity index (χ2n) is 4.12. The summed E-state index contributed by atoms with van der Waals surface area (Å²) in [6.45, 7) is 6.62. The van der Waals surface area contributed by atoms with Crippen molar-refractivity contribution < 1.29 is 4.79 Å². The summed E-state index contributed by atoms with van der Waals surface area (Å²) in [7, 11) is 0. The van der Waals surface area contributed by atoms with Crippen LogP contribution in [0.4, 0.5) is 5.69 Å². The highest BCUT2D eigenvalue weighted by Crippen LogP contribution is 2.20. The van der Waals surface area contributed by atoms with Gasteiger partial charge in [0.1, 0.15) is 5.78 Å². The Bertz CT molecular complexity index is 358. The van der Waals surface area contributed by atoms with Crippen molar-refractivity contribution in [1.29, 1.82) is 0 Å². The summed E-state index contributed by atoms with van der Waals surface area (Å²) < 4.78 is 1.91. The Hall–Kier alpha value is -1.32. The lowest BCUT2D eigenvalue weighted by atomic mass is 9.98. The van der Waals surface area contributed by atoms with E-state index < -0.39 is 0 Å². The first-order valence-corrected chi connectivity index (χ1v) is 5.51. The molecular weight excluding hydrogens is 190 g/mol. The fourth-order valence-corrected chi connectivity index (χ4v) is 1.94. The minimum absolute atomic E-state index is 0.156. The van der Waals surface area contributed by atoms with E-state index in [1.54, 1.807) is 0 Å². The van der Waals surface area contributed by atoms with Crippen LogP contribution in [0.15, 0.2) is 12.4 Å². The molecule has 1 aromatic heterocycles. The van der Waals surface area contributed by atoms with Crippen LogP contribution in [0, 0.1) is 5.92 Å². The number of anilines is 1. The Morgan fingerprint density at radius 2 is 2.40 bits per heavy atom. The first-order chi connectivity index (χ1) is 7.20. The predicted molar refractivity (Wildman–Crippen MR) is 58.9 cm³/mol. The number of carbonyl (C=O) groups excluding carboxylic acids is 1. The summed E-state index contributed by atoms with van der Waals surface area (Å²) in [5.74, 6) is 0.540. The maximum absolute atomic E-state index is 11.4. The molecular formula is C11H17N3O. The molecule has 4 nitrogen and oxygen atoms in total. The van der Waals surface area contributed by atoms with Gasteiger partial charge in [-0.3, -0.25) is 9.48 Å². The number of aromatic nitrogens is 2. The van der Waals surface area contributed by atoms with E-state index in [1.165, 1.54) is 0 Å². The number of nitrogens with zero attached hydrogens (tertiary/aromatic N) is 3. The largest absolute Gasteiger partial charge is 0.368 e. The SMILES string of the molecule is CCn1cc(N2CCC(=O)C(C)C2)cn1. The van der Waals surface area contributed by atoms with Crippen LogP contribution in [0.25, 0.3) is 0 Å². The third-order valence-electron chi connectivity index (χ3n) is 2.98. The highest BCUT2D eigenvalue weighted by atomic mass is 16.1. The Morgan fingerprint density at radius 1 is 1.60 bits per heavy atom. The van der Waals surface area contributed by atoms with Crippen LogP contribution in [0.1, 0.15) is 20.3 Å². The topological polar surface area (TPSA) is 38.1 Å². The molecule has 15 heavy (non-hydrogen) atoms. The molecule has 1 saturated heterocycles. The van der Waals surface area contributed by atoms with E-state index >= 15 is 0 Å². The van der Waals surface area contributed by atoms with E-state index in [0.29, 0.717) is 12.2 Å². The Labute approximate surface area is 89.9 Å². The van der Waals surface area contributed by atoms with Gasteiger partial charge in [0.15, 0.2) is 0 Å². The zero-order valence-corrected chi connectivity index (χ0v) is 9.31. The summed E-state index contributed by atoms with van der Waals surface area (Å²) in [5.41, 5.74) is 1.14. The van der Waals surface area contributed by atoms with Crippen molar-refractivity contribution in [3.05, 3.63) is 12.4 Å². The Balaban J connectivity index is 2.08. The number of hydrogen-bond acceptors (Lipinski definition) is 3. The summed E-state index contributed by atoms with van der Waals surface area (Å²) in [5, 5.41) is 4.24. The van der Waals surface area contributed by atoms with Crippen LogP contribution in [0.5, 0.6) is 0 Å². The Kier molecular flexibility index (Phi) is 2.75. The molecule has 0 aromatic carbocycles. The van der Waals surface area contributed by atoms with Crippen molar-refractivity contribution in [2.75, 3.05) is 18.0 Å². The molecule has 0 bridgehead atoms. The van der Waals surface area contributed by atoms with Crippen LogP contribution in [0.3, 0.4) is 0 Å². The van der Waals surface area contributed by atoms with E-state index in [4.69, 9.17) is 0 Å². The molecule has 0 N–H and O–H groups in total. The van der Waals surface area contributed by atoms with Gasteiger partial charge in [0, 0.05) is 38.2 Å². The lowest BCUT2D eigenvalue weighted by Gasteiger charge is -2.30. The molecule has 1 aliphatic heterocycles. The maximum Gasteiger partial charge on any atom is 0.139 e. The van der Waals surface area contributed by atoms with Crippen molar-refractivity contribution in [1.82, 2.24) is 9.78 Å². The van der Waals surface area contributed by atoms with Crippen molar-refractivity contribution in [3.63, 3.8) is 0 Å². The monoisotopic (exact) mass is 207 g/mol. The van der Waals surface area contributed by atoms with Crippen molar-refractivity contribution in [3.8, 4) is 0 Å². The van der Waals surface area contributed by atoms with Gasteiger partial charge in [0.25, 0.3) is 0 Å². The molecule has 4 heteroatoms. The van der Waals surface area contributed by atoms with Crippen molar-refractivity contribution in [2.24, 2.45) is 5.92 Å². The Morgan fingerprint density at radius 3 is 3.00 bits per heavy atom. The van der Waals surface area contributed by atoms with Gasteiger partial charge in [-0.2, -0.15) is 5.10 Å². The van der Waals surface area contributed by atoms with E-state index in [-0.39, 0.29) is 5.92 Å². The molecule has 1 unspecified atom stereocenters. The van der Waals surface area contributed by atoms with Gasteiger partial charge in [-0.1, -0.05) is 6.92 Å². The highest BCUT2D eigenvalue weighted by Gasteiger charge is 2.24. The second-order valence-corrected chi connectivity index (χ2v) is 4.12. The number of aryl methyl sites for hydroxylation is 1. The number of Topliss-reactive ketones (excluding diaryl/α,β-unsaturated/α-hetero) is 1. The van der Waals surface area contributed by atoms with Crippen molar-refractivity contribution >= 4 is 11.5 Å². The zero-order valence-electron chi connectivity index (χ0n) is 9.31. The fourth-order valence-electron chi connectivity index (χ4n) is 1.94. The molecule has 1 fully saturated rings. The minimum Gasteiger partial charge on any atom is -0.368 e. The molecule has 0 saturated carbocycles. The minimum atomic E-state index is 0.156. The molecule has 1 atom stereocenters. The average Bonchev–Trinajstić information content (AvgIpc) is 2.70. The van der Waals surface area contributed by atoms with Crippen LogP contribution in [-0.4, -0.2) is 28.7 Å². The molecule has 82 valence electrons. The molecule has 0 radical (unpaired) electrons. The maximum atomic E-state index is 11.4. The molecule has 0 amide bonds. The quantitative estimate of drug-likeness (QED) is 0.734. The van der Waals surface area contributed by atoms with Gasteiger partial charge in [-0.05, 0) is 6.92 Å². The smallest absolute Gasteiger partial charge is 0.139 e. The zero-order chi connectivity index (χ0) is 10.8. The third kappa shape index (κ3) is 2.03. The highest BCUT2D eigenvalue weighted by molar-refractivity contribution is 5.83. The average molecular weight is 207 g/mol. The number of piperidine rings is 1. The molecule has 1 aliphatic rings. The van der Waals surface area contributed by atoms with Gasteiger partial charge in [-0.15, -0.1) is 0 Å². The van der Waals surface area contributed by atoms with E-state index in [2.05, 4.69) is 16.9 Å². The van der Waals surface area contributed by atoms with Gasteiger partial charge in [0.05, 0.1) is 11.9 Å². The molecule has 0 spiro atoms. The number of carbonyl (C=O) groups is 1. The standard InChI is InChI=1S/C11H17N3O/c1-3-14-8-10(6-12-14)13-5-4-11(15)9(2)7-13/h6,8-9H,3-5,7H2,1-2H3. The third-order valence-corrected chi connectivity index (χ3v) is 2.98. The summed E-state index contributed by atoms with van der Waals surface area (Å²) in [6, 6.07) is 0. The number of rotatable bonds is 2. The fraction of sp³-hybridized carbons (Fsp3) is 0.636. The molecule has 1 aromatic rings. The van der Waals surface area contributed by atoms with Gasteiger partial charge >= 0.3 is 0 Å².